The third kappa shape index (κ3) is 2.43. The summed E-state index contributed by atoms with van der Waals surface area (Å²) >= 11 is 0. The molecule has 1 aliphatic carbocycles. The van der Waals surface area contributed by atoms with Crippen LogP contribution in [-0.4, -0.2) is 17.9 Å². The number of rotatable bonds is 1. The van der Waals surface area contributed by atoms with Crippen molar-refractivity contribution >= 4 is 5.91 Å². The minimum Gasteiger partial charge on any atom is -0.331 e. The van der Waals surface area contributed by atoms with E-state index in [0.717, 1.165) is 12.8 Å². The van der Waals surface area contributed by atoms with Crippen LogP contribution in [0, 0.1) is 0 Å². The van der Waals surface area contributed by atoms with Crippen molar-refractivity contribution in [2.24, 2.45) is 0 Å². The SMILES string of the molecule is CN1C(=O)C=CC2=C(CCCCC2)C1c1ccccc1. The number of carbonyl (C=O) groups is 1. The average Bonchev–Trinajstić information content (AvgIpc) is 2.76. The molecule has 1 amide bonds. The molecule has 3 rings (SSSR count). The molecule has 2 nitrogen and oxygen atoms in total. The predicted molar refractivity (Wildman–Crippen MR) is 81.2 cm³/mol. The normalized spacial score (nSPS) is 23.4. The molecular formula is C18H21NO. The molecule has 0 saturated heterocycles. The maximum absolute atomic E-state index is 12.2. The summed E-state index contributed by atoms with van der Waals surface area (Å²) < 4.78 is 0. The van der Waals surface area contributed by atoms with Gasteiger partial charge in [0.05, 0.1) is 6.04 Å². The van der Waals surface area contributed by atoms with E-state index in [0.29, 0.717) is 0 Å². The van der Waals surface area contributed by atoms with Gasteiger partial charge in [-0.1, -0.05) is 42.8 Å². The number of amides is 1. The van der Waals surface area contributed by atoms with Crippen LogP contribution >= 0.6 is 0 Å². The van der Waals surface area contributed by atoms with Gasteiger partial charge in [0.25, 0.3) is 0 Å². The van der Waals surface area contributed by atoms with Gasteiger partial charge in [-0.15, -0.1) is 0 Å². The first-order valence-electron chi connectivity index (χ1n) is 7.49. The van der Waals surface area contributed by atoms with Gasteiger partial charge in [0.2, 0.25) is 5.91 Å². The molecule has 0 saturated carbocycles. The van der Waals surface area contributed by atoms with Crippen LogP contribution < -0.4 is 0 Å². The molecule has 1 heterocycles. The van der Waals surface area contributed by atoms with Crippen molar-refractivity contribution in [1.29, 1.82) is 0 Å². The maximum Gasteiger partial charge on any atom is 0.247 e. The molecule has 2 aliphatic rings. The van der Waals surface area contributed by atoms with E-state index >= 15 is 0 Å². The molecule has 1 aromatic rings. The second-order valence-electron chi connectivity index (χ2n) is 5.71. The molecule has 20 heavy (non-hydrogen) atoms. The molecule has 1 aliphatic heterocycles. The number of hydrogen-bond donors (Lipinski definition) is 0. The molecule has 1 atom stereocenters. The predicted octanol–water partition coefficient (Wildman–Crippen LogP) is 4.02. The van der Waals surface area contributed by atoms with Crippen molar-refractivity contribution in [3.05, 3.63) is 59.2 Å². The summed E-state index contributed by atoms with van der Waals surface area (Å²) in [4.78, 5) is 14.1. The molecule has 104 valence electrons. The Balaban J connectivity index is 2.09. The van der Waals surface area contributed by atoms with Gasteiger partial charge < -0.3 is 4.90 Å². The number of allylic oxidation sites excluding steroid dienone is 2. The Labute approximate surface area is 120 Å². The van der Waals surface area contributed by atoms with Gasteiger partial charge in [0, 0.05) is 13.1 Å². The van der Waals surface area contributed by atoms with E-state index in [9.17, 15) is 4.79 Å². The second kappa shape index (κ2) is 5.66. The van der Waals surface area contributed by atoms with E-state index in [1.54, 1.807) is 6.08 Å². The number of likely N-dealkylation sites (N-methyl/N-ethyl adjacent to an activating group) is 1. The first-order chi connectivity index (χ1) is 9.77. The number of benzene rings is 1. The Morgan fingerprint density at radius 2 is 1.75 bits per heavy atom. The van der Waals surface area contributed by atoms with E-state index in [4.69, 9.17) is 0 Å². The van der Waals surface area contributed by atoms with Gasteiger partial charge in [-0.2, -0.15) is 0 Å². The molecule has 1 aromatic carbocycles. The van der Waals surface area contributed by atoms with Crippen LogP contribution in [0.5, 0.6) is 0 Å². The molecule has 0 radical (unpaired) electrons. The van der Waals surface area contributed by atoms with E-state index in [1.165, 1.54) is 36.0 Å². The smallest absolute Gasteiger partial charge is 0.247 e. The Morgan fingerprint density at radius 3 is 2.55 bits per heavy atom. The Bertz CT molecular complexity index is 556. The van der Waals surface area contributed by atoms with Gasteiger partial charge in [0.1, 0.15) is 0 Å². The summed E-state index contributed by atoms with van der Waals surface area (Å²) in [5, 5.41) is 0. The number of nitrogens with zero attached hydrogens (tertiary/aromatic N) is 1. The Hall–Kier alpha value is -1.83. The highest BCUT2D eigenvalue weighted by molar-refractivity contribution is 5.89. The highest BCUT2D eigenvalue weighted by atomic mass is 16.2. The Morgan fingerprint density at radius 1 is 1.00 bits per heavy atom. The van der Waals surface area contributed by atoms with Gasteiger partial charge in [-0.3, -0.25) is 4.79 Å². The topological polar surface area (TPSA) is 20.3 Å². The molecule has 2 heteroatoms. The summed E-state index contributed by atoms with van der Waals surface area (Å²) in [6.45, 7) is 0. The third-order valence-corrected chi connectivity index (χ3v) is 4.41. The van der Waals surface area contributed by atoms with Crippen molar-refractivity contribution in [2.75, 3.05) is 7.05 Å². The van der Waals surface area contributed by atoms with Crippen LogP contribution in [0.1, 0.15) is 43.7 Å². The fourth-order valence-corrected chi connectivity index (χ4v) is 3.34. The van der Waals surface area contributed by atoms with Crippen LogP contribution in [0.4, 0.5) is 0 Å². The largest absolute Gasteiger partial charge is 0.331 e. The lowest BCUT2D eigenvalue weighted by molar-refractivity contribution is -0.126. The zero-order valence-corrected chi connectivity index (χ0v) is 12.0. The van der Waals surface area contributed by atoms with Crippen LogP contribution in [0.2, 0.25) is 0 Å². The van der Waals surface area contributed by atoms with Crippen LogP contribution in [0.15, 0.2) is 53.6 Å². The Kier molecular flexibility index (Phi) is 3.72. The van der Waals surface area contributed by atoms with Gasteiger partial charge in [-0.05, 0) is 42.4 Å². The molecule has 0 fully saturated rings. The van der Waals surface area contributed by atoms with Crippen LogP contribution in [-0.2, 0) is 4.79 Å². The lowest BCUT2D eigenvalue weighted by Gasteiger charge is -2.30. The van der Waals surface area contributed by atoms with Gasteiger partial charge in [-0.25, -0.2) is 0 Å². The highest BCUT2D eigenvalue weighted by Crippen LogP contribution is 2.38. The molecule has 0 aromatic heterocycles. The standard InChI is InChI=1S/C18H21NO/c1-19-17(20)13-12-14-8-4-3-7-11-16(14)18(19)15-9-5-2-6-10-15/h2,5-6,9-10,12-13,18H,3-4,7-8,11H2,1H3. The summed E-state index contributed by atoms with van der Waals surface area (Å²) in [7, 11) is 1.92. The first-order valence-corrected chi connectivity index (χ1v) is 7.49. The van der Waals surface area contributed by atoms with Crippen LogP contribution in [0.25, 0.3) is 0 Å². The van der Waals surface area contributed by atoms with E-state index in [2.05, 4.69) is 30.3 Å². The minimum absolute atomic E-state index is 0.104. The monoisotopic (exact) mass is 267 g/mol. The van der Waals surface area contributed by atoms with Crippen LogP contribution in [0.3, 0.4) is 0 Å². The van der Waals surface area contributed by atoms with Crippen molar-refractivity contribution < 1.29 is 4.79 Å². The lowest BCUT2D eigenvalue weighted by Crippen LogP contribution is -2.30. The lowest BCUT2D eigenvalue weighted by atomic mass is 9.91. The summed E-state index contributed by atoms with van der Waals surface area (Å²) in [6, 6.07) is 10.5. The fraction of sp³-hybridized carbons (Fsp3) is 0.389. The zero-order valence-electron chi connectivity index (χ0n) is 12.0. The van der Waals surface area contributed by atoms with E-state index in [1.807, 2.05) is 18.0 Å². The summed E-state index contributed by atoms with van der Waals surface area (Å²) in [5.74, 6) is 0.104. The van der Waals surface area contributed by atoms with Crippen molar-refractivity contribution in [3.8, 4) is 0 Å². The number of hydrogen-bond acceptors (Lipinski definition) is 1. The third-order valence-electron chi connectivity index (χ3n) is 4.41. The van der Waals surface area contributed by atoms with Gasteiger partial charge >= 0.3 is 0 Å². The summed E-state index contributed by atoms with van der Waals surface area (Å²) in [5.41, 5.74) is 4.05. The molecule has 0 bridgehead atoms. The zero-order chi connectivity index (χ0) is 13.9. The van der Waals surface area contributed by atoms with E-state index in [-0.39, 0.29) is 11.9 Å². The van der Waals surface area contributed by atoms with Crippen molar-refractivity contribution in [2.45, 2.75) is 38.1 Å². The maximum atomic E-state index is 12.2. The van der Waals surface area contributed by atoms with Crippen molar-refractivity contribution in [3.63, 3.8) is 0 Å². The van der Waals surface area contributed by atoms with Gasteiger partial charge in [0.15, 0.2) is 0 Å². The molecule has 1 unspecified atom stereocenters. The average molecular weight is 267 g/mol. The summed E-state index contributed by atoms with van der Waals surface area (Å²) in [6.07, 6.45) is 9.78. The fourth-order valence-electron chi connectivity index (χ4n) is 3.34. The minimum atomic E-state index is 0.104. The first kappa shape index (κ1) is 13.2. The quantitative estimate of drug-likeness (QED) is 0.752. The highest BCUT2D eigenvalue weighted by Gasteiger charge is 2.28. The number of carbonyl (C=O) groups excluding carboxylic acids is 1. The molecule has 0 N–H and O–H groups in total. The molecule has 0 spiro atoms. The van der Waals surface area contributed by atoms with E-state index < -0.39 is 0 Å². The molecular weight excluding hydrogens is 246 g/mol. The van der Waals surface area contributed by atoms with Crippen molar-refractivity contribution in [1.82, 2.24) is 4.90 Å². The second-order valence-corrected chi connectivity index (χ2v) is 5.71.